The Morgan fingerprint density at radius 3 is 1.89 bits per heavy atom. The van der Waals surface area contributed by atoms with Gasteiger partial charge in [0.25, 0.3) is 0 Å². The van der Waals surface area contributed by atoms with E-state index in [-0.39, 0.29) is 38.6 Å². The van der Waals surface area contributed by atoms with Gasteiger partial charge >= 0.3 is 11.9 Å². The van der Waals surface area contributed by atoms with Crippen molar-refractivity contribution in [2.75, 3.05) is 47.5 Å². The maximum Gasteiger partial charge on any atom is 0.306 e. The van der Waals surface area contributed by atoms with Gasteiger partial charge in [-0.2, -0.15) is 0 Å². The number of rotatable bonds is 30. The number of ether oxygens (including phenoxy) is 4. The van der Waals surface area contributed by atoms with Crippen LogP contribution in [0, 0.1) is 0 Å². The standard InChI is InChI=1S/C36H63NO8/c1-6-8-10-12-14-15-16-17-18-19-21-23-25-27-34(39)45-32(30-43-33(38)26-24-22-20-13-11-9-7-2)31-44-36(35(40)41)42-29-28-37(3,4)5/h8,10,14-15,17-18,32,36H,6-7,9,11-13,16,19-31H2,1-5H3/b10-8-,15-14-,18-17-. The Morgan fingerprint density at radius 2 is 1.27 bits per heavy atom. The molecule has 0 N–H and O–H groups in total. The third kappa shape index (κ3) is 30.0. The van der Waals surface area contributed by atoms with Crippen LogP contribution >= 0.6 is 0 Å². The molecule has 0 heterocycles. The van der Waals surface area contributed by atoms with Crippen LogP contribution in [0.1, 0.15) is 117 Å². The molecule has 0 radical (unpaired) electrons. The lowest BCUT2D eigenvalue weighted by molar-refractivity contribution is -0.870. The van der Waals surface area contributed by atoms with E-state index in [1.807, 2.05) is 21.1 Å². The molecule has 0 spiro atoms. The first-order chi connectivity index (χ1) is 21.6. The number of quaternary nitrogens is 1. The molecule has 0 fully saturated rings. The molecule has 0 bridgehead atoms. The number of unbranched alkanes of at least 4 members (excludes halogenated alkanes) is 9. The first-order valence-corrected chi connectivity index (χ1v) is 17.1. The summed E-state index contributed by atoms with van der Waals surface area (Å²) in [4.78, 5) is 36.5. The summed E-state index contributed by atoms with van der Waals surface area (Å²) >= 11 is 0. The maximum absolute atomic E-state index is 12.6. The third-order valence-corrected chi connectivity index (χ3v) is 6.90. The van der Waals surface area contributed by atoms with Crippen LogP contribution in [0.5, 0.6) is 0 Å². The number of carbonyl (C=O) groups excluding carboxylic acids is 3. The minimum atomic E-state index is -1.62. The maximum atomic E-state index is 12.6. The number of hydrogen-bond donors (Lipinski definition) is 0. The van der Waals surface area contributed by atoms with Crippen LogP contribution < -0.4 is 5.11 Å². The van der Waals surface area contributed by atoms with E-state index < -0.39 is 24.3 Å². The van der Waals surface area contributed by atoms with Crippen molar-refractivity contribution < 1.29 is 42.9 Å². The minimum Gasteiger partial charge on any atom is -0.545 e. The first-order valence-electron chi connectivity index (χ1n) is 17.1. The van der Waals surface area contributed by atoms with Gasteiger partial charge in [-0.25, -0.2) is 0 Å². The molecular weight excluding hydrogens is 574 g/mol. The molecule has 0 aromatic carbocycles. The smallest absolute Gasteiger partial charge is 0.306 e. The van der Waals surface area contributed by atoms with Gasteiger partial charge in [0, 0.05) is 12.8 Å². The summed E-state index contributed by atoms with van der Waals surface area (Å²) in [6, 6.07) is 0. The first kappa shape index (κ1) is 42.5. The quantitative estimate of drug-likeness (QED) is 0.0301. The molecule has 0 aliphatic carbocycles. The fourth-order valence-corrected chi connectivity index (χ4v) is 4.19. The summed E-state index contributed by atoms with van der Waals surface area (Å²) < 4.78 is 22.3. The molecule has 0 amide bonds. The Balaban J connectivity index is 4.65. The van der Waals surface area contributed by atoms with Gasteiger partial charge in [0.1, 0.15) is 13.2 Å². The molecule has 9 nitrogen and oxygen atoms in total. The van der Waals surface area contributed by atoms with Gasteiger partial charge in [0.2, 0.25) is 0 Å². The van der Waals surface area contributed by atoms with Crippen molar-refractivity contribution in [2.24, 2.45) is 0 Å². The summed E-state index contributed by atoms with van der Waals surface area (Å²) in [5.41, 5.74) is 0. The van der Waals surface area contributed by atoms with Gasteiger partial charge in [-0.3, -0.25) is 9.59 Å². The monoisotopic (exact) mass is 637 g/mol. The van der Waals surface area contributed by atoms with Crippen LogP contribution in [0.4, 0.5) is 0 Å². The van der Waals surface area contributed by atoms with Crippen molar-refractivity contribution in [3.8, 4) is 0 Å². The second-order valence-electron chi connectivity index (χ2n) is 12.4. The van der Waals surface area contributed by atoms with Crippen LogP contribution in [-0.2, 0) is 33.3 Å². The van der Waals surface area contributed by atoms with E-state index in [0.717, 1.165) is 57.8 Å². The summed E-state index contributed by atoms with van der Waals surface area (Å²) in [7, 11) is 5.87. The van der Waals surface area contributed by atoms with Gasteiger partial charge in [0.15, 0.2) is 12.4 Å². The number of likely N-dealkylation sites (N-methyl/N-ethyl adjacent to an activating group) is 1. The van der Waals surface area contributed by atoms with E-state index in [0.29, 0.717) is 17.4 Å². The Hall–Kier alpha value is -2.49. The van der Waals surface area contributed by atoms with E-state index >= 15 is 0 Å². The zero-order chi connectivity index (χ0) is 33.6. The number of carboxylic acid groups (broad SMARTS) is 1. The predicted molar refractivity (Wildman–Crippen MR) is 177 cm³/mol. The molecular formula is C36H63NO8. The largest absolute Gasteiger partial charge is 0.545 e. The molecule has 45 heavy (non-hydrogen) atoms. The lowest BCUT2D eigenvalue weighted by Crippen LogP contribution is -2.44. The molecule has 0 aliphatic heterocycles. The average Bonchev–Trinajstić information content (AvgIpc) is 2.98. The second kappa shape index (κ2) is 28.9. The van der Waals surface area contributed by atoms with Gasteiger partial charge in [0.05, 0.1) is 40.3 Å². The molecule has 0 aromatic heterocycles. The molecule has 0 saturated heterocycles. The van der Waals surface area contributed by atoms with Crippen molar-refractivity contribution in [1.29, 1.82) is 0 Å². The topological polar surface area (TPSA) is 111 Å². The number of carbonyl (C=O) groups is 3. The van der Waals surface area contributed by atoms with Crippen molar-refractivity contribution in [3.05, 3.63) is 36.5 Å². The molecule has 0 aromatic rings. The number of hydrogen-bond acceptors (Lipinski definition) is 8. The Labute approximate surface area is 273 Å². The summed E-state index contributed by atoms with van der Waals surface area (Å²) in [6.07, 6.45) is 24.9. The predicted octanol–water partition coefficient (Wildman–Crippen LogP) is 6.21. The van der Waals surface area contributed by atoms with Crippen molar-refractivity contribution in [2.45, 2.75) is 129 Å². The van der Waals surface area contributed by atoms with E-state index in [2.05, 4.69) is 50.3 Å². The highest BCUT2D eigenvalue weighted by Gasteiger charge is 2.21. The van der Waals surface area contributed by atoms with Crippen LogP contribution in [0.25, 0.3) is 0 Å². The summed E-state index contributed by atoms with van der Waals surface area (Å²) in [6.45, 7) is 4.49. The molecule has 0 aliphatic rings. The fraction of sp³-hybridized carbons (Fsp3) is 0.750. The van der Waals surface area contributed by atoms with Crippen LogP contribution in [0.3, 0.4) is 0 Å². The van der Waals surface area contributed by atoms with E-state index in [1.165, 1.54) is 25.7 Å². The minimum absolute atomic E-state index is 0.141. The molecule has 9 heteroatoms. The SMILES string of the molecule is CC/C=C\C/C=C\C/C=C\CCCCCC(=O)OC(COC(=O)CCCCCCCCC)COC(OCC[N+](C)(C)C)C(=O)[O-]. The molecule has 2 unspecified atom stereocenters. The highest BCUT2D eigenvalue weighted by molar-refractivity contribution is 5.70. The van der Waals surface area contributed by atoms with Crippen molar-refractivity contribution in [1.82, 2.24) is 0 Å². The number of aliphatic carboxylic acids is 1. The zero-order valence-corrected chi connectivity index (χ0v) is 29.0. The summed E-state index contributed by atoms with van der Waals surface area (Å²) in [5.74, 6) is -2.34. The van der Waals surface area contributed by atoms with Crippen LogP contribution in [0.15, 0.2) is 36.5 Å². The Bertz CT molecular complexity index is 846. The molecule has 2 atom stereocenters. The van der Waals surface area contributed by atoms with Gasteiger partial charge < -0.3 is 33.3 Å². The van der Waals surface area contributed by atoms with Crippen molar-refractivity contribution >= 4 is 17.9 Å². The van der Waals surface area contributed by atoms with Crippen molar-refractivity contribution in [3.63, 3.8) is 0 Å². The zero-order valence-electron chi connectivity index (χ0n) is 29.0. The highest BCUT2D eigenvalue weighted by Crippen LogP contribution is 2.11. The van der Waals surface area contributed by atoms with Gasteiger partial charge in [-0.05, 0) is 44.9 Å². The van der Waals surface area contributed by atoms with Gasteiger partial charge in [-0.15, -0.1) is 0 Å². The molecule has 0 rings (SSSR count). The number of esters is 2. The number of allylic oxidation sites excluding steroid dienone is 6. The van der Waals surface area contributed by atoms with E-state index in [4.69, 9.17) is 18.9 Å². The fourth-order valence-electron chi connectivity index (χ4n) is 4.19. The number of nitrogens with zero attached hydrogens (tertiary/aromatic N) is 1. The summed E-state index contributed by atoms with van der Waals surface area (Å²) in [5, 5.41) is 11.6. The van der Waals surface area contributed by atoms with Crippen LogP contribution in [-0.4, -0.2) is 82.3 Å². The normalized spacial score (nSPS) is 13.5. The highest BCUT2D eigenvalue weighted by atomic mass is 16.7. The van der Waals surface area contributed by atoms with E-state index in [1.54, 1.807) is 0 Å². The second-order valence-corrected chi connectivity index (χ2v) is 12.4. The lowest BCUT2D eigenvalue weighted by Gasteiger charge is -2.26. The molecule has 0 saturated carbocycles. The van der Waals surface area contributed by atoms with Gasteiger partial charge in [-0.1, -0.05) is 95.2 Å². The molecule has 260 valence electrons. The Kier molecular flexibility index (Phi) is 27.3. The van der Waals surface area contributed by atoms with E-state index in [9.17, 15) is 19.5 Å². The number of carboxylic acids is 1. The lowest BCUT2D eigenvalue weighted by atomic mass is 10.1. The van der Waals surface area contributed by atoms with Crippen LogP contribution in [0.2, 0.25) is 0 Å². The average molecular weight is 638 g/mol. The third-order valence-electron chi connectivity index (χ3n) is 6.90. The Morgan fingerprint density at radius 1 is 0.689 bits per heavy atom.